The zero-order valence-corrected chi connectivity index (χ0v) is 12.3. The van der Waals surface area contributed by atoms with E-state index in [0.717, 1.165) is 5.56 Å². The van der Waals surface area contributed by atoms with Crippen LogP contribution < -0.4 is 10.6 Å². The molecule has 0 bridgehead atoms. The summed E-state index contributed by atoms with van der Waals surface area (Å²) in [5.41, 5.74) is 7.45. The molecule has 0 saturated carbocycles. The average molecular weight is 290 g/mol. The van der Waals surface area contributed by atoms with E-state index in [0.29, 0.717) is 24.2 Å². The number of halogens is 2. The molecule has 2 rings (SSSR count). The topological polar surface area (TPSA) is 29.3 Å². The van der Waals surface area contributed by atoms with Crippen LogP contribution in [0.1, 0.15) is 24.1 Å². The molecular formula is C17H20F2N2. The maximum Gasteiger partial charge on any atom is 0.146 e. The normalized spacial score (nSPS) is 12.2. The molecule has 2 aromatic carbocycles. The minimum Gasteiger partial charge on any atom is -0.365 e. The van der Waals surface area contributed by atoms with E-state index in [4.69, 9.17) is 5.73 Å². The van der Waals surface area contributed by atoms with Gasteiger partial charge in [-0.1, -0.05) is 30.3 Å². The maximum absolute atomic E-state index is 14.2. The Morgan fingerprint density at radius 2 is 1.71 bits per heavy atom. The quantitative estimate of drug-likeness (QED) is 0.910. The summed E-state index contributed by atoms with van der Waals surface area (Å²) in [6.45, 7) is 2.30. The largest absolute Gasteiger partial charge is 0.365 e. The van der Waals surface area contributed by atoms with Crippen LogP contribution in [0.4, 0.5) is 14.5 Å². The SMILES string of the molecule is CC(c1ccccc1F)N(C)c1c(F)cccc1CCN. The van der Waals surface area contributed by atoms with Crippen LogP contribution in [0.15, 0.2) is 42.5 Å². The van der Waals surface area contributed by atoms with E-state index < -0.39 is 0 Å². The van der Waals surface area contributed by atoms with Crippen molar-refractivity contribution in [3.05, 3.63) is 65.2 Å². The molecule has 0 aliphatic rings. The van der Waals surface area contributed by atoms with E-state index >= 15 is 0 Å². The lowest BCUT2D eigenvalue weighted by atomic mass is 10.0. The molecule has 0 spiro atoms. The molecule has 0 radical (unpaired) electrons. The molecule has 21 heavy (non-hydrogen) atoms. The lowest BCUT2D eigenvalue weighted by molar-refractivity contribution is 0.573. The standard InChI is InChI=1S/C17H20F2N2/c1-12(14-7-3-4-8-15(14)18)21(2)17-13(10-11-20)6-5-9-16(17)19/h3-9,12H,10-11,20H2,1-2H3. The molecule has 0 amide bonds. The van der Waals surface area contributed by atoms with Gasteiger partial charge in [0.25, 0.3) is 0 Å². The zero-order valence-electron chi connectivity index (χ0n) is 12.3. The molecule has 1 atom stereocenters. The van der Waals surface area contributed by atoms with Gasteiger partial charge in [-0.25, -0.2) is 8.78 Å². The molecule has 0 aliphatic carbocycles. The molecule has 0 fully saturated rings. The van der Waals surface area contributed by atoms with Crippen molar-refractivity contribution in [3.8, 4) is 0 Å². The number of rotatable bonds is 5. The summed E-state index contributed by atoms with van der Waals surface area (Å²) in [5, 5.41) is 0. The highest BCUT2D eigenvalue weighted by molar-refractivity contribution is 5.56. The predicted octanol–water partition coefficient (Wildman–Crippen LogP) is 3.66. The van der Waals surface area contributed by atoms with E-state index in [1.165, 1.54) is 12.1 Å². The fourth-order valence-electron chi connectivity index (χ4n) is 2.53. The number of nitrogens with two attached hydrogens (primary N) is 1. The molecule has 0 aromatic heterocycles. The molecule has 2 N–H and O–H groups in total. The Morgan fingerprint density at radius 3 is 2.38 bits per heavy atom. The van der Waals surface area contributed by atoms with Crippen molar-refractivity contribution in [1.82, 2.24) is 0 Å². The first-order chi connectivity index (χ1) is 10.1. The minimum atomic E-state index is -0.313. The predicted molar refractivity (Wildman–Crippen MR) is 82.4 cm³/mol. The number of para-hydroxylation sites is 1. The molecule has 0 heterocycles. The second kappa shape index (κ2) is 6.68. The van der Waals surface area contributed by atoms with E-state index in [2.05, 4.69) is 0 Å². The lowest BCUT2D eigenvalue weighted by Gasteiger charge is -2.30. The first kappa shape index (κ1) is 15.4. The van der Waals surface area contributed by atoms with Gasteiger partial charge >= 0.3 is 0 Å². The molecule has 2 nitrogen and oxygen atoms in total. The van der Waals surface area contributed by atoms with Gasteiger partial charge in [-0.05, 0) is 37.6 Å². The van der Waals surface area contributed by atoms with Gasteiger partial charge in [-0.3, -0.25) is 0 Å². The summed E-state index contributed by atoms with van der Waals surface area (Å²) < 4.78 is 28.1. The van der Waals surface area contributed by atoms with Gasteiger partial charge in [0.15, 0.2) is 0 Å². The van der Waals surface area contributed by atoms with E-state index in [1.54, 1.807) is 36.2 Å². The average Bonchev–Trinajstić information content (AvgIpc) is 2.47. The van der Waals surface area contributed by atoms with Crippen LogP contribution >= 0.6 is 0 Å². The molecule has 0 aliphatic heterocycles. The van der Waals surface area contributed by atoms with Crippen LogP contribution in [-0.4, -0.2) is 13.6 Å². The Morgan fingerprint density at radius 1 is 1.05 bits per heavy atom. The Hall–Kier alpha value is -1.94. The van der Waals surface area contributed by atoms with Gasteiger partial charge in [0.2, 0.25) is 0 Å². The number of nitrogens with zero attached hydrogens (tertiary/aromatic N) is 1. The fraction of sp³-hybridized carbons (Fsp3) is 0.294. The smallest absolute Gasteiger partial charge is 0.146 e. The van der Waals surface area contributed by atoms with Gasteiger partial charge in [0.1, 0.15) is 11.6 Å². The van der Waals surface area contributed by atoms with Crippen LogP contribution in [0.5, 0.6) is 0 Å². The summed E-state index contributed by atoms with van der Waals surface area (Å²) >= 11 is 0. The van der Waals surface area contributed by atoms with Crippen LogP contribution in [0.25, 0.3) is 0 Å². The number of benzene rings is 2. The molecule has 112 valence electrons. The summed E-state index contributed by atoms with van der Waals surface area (Å²) in [4.78, 5) is 1.76. The van der Waals surface area contributed by atoms with Crippen LogP contribution in [0.2, 0.25) is 0 Å². The highest BCUT2D eigenvalue weighted by atomic mass is 19.1. The second-order valence-electron chi connectivity index (χ2n) is 5.09. The van der Waals surface area contributed by atoms with E-state index in [1.807, 2.05) is 13.0 Å². The Bertz CT molecular complexity index is 613. The van der Waals surface area contributed by atoms with E-state index in [9.17, 15) is 8.78 Å². The third-order valence-corrected chi connectivity index (χ3v) is 3.77. The first-order valence-corrected chi connectivity index (χ1v) is 7.01. The first-order valence-electron chi connectivity index (χ1n) is 7.01. The summed E-state index contributed by atoms with van der Waals surface area (Å²) in [6.07, 6.45) is 0.585. The van der Waals surface area contributed by atoms with Crippen molar-refractivity contribution in [2.75, 3.05) is 18.5 Å². The molecule has 4 heteroatoms. The van der Waals surface area contributed by atoms with Crippen LogP contribution in [-0.2, 0) is 6.42 Å². The minimum absolute atomic E-state index is 0.278. The lowest BCUT2D eigenvalue weighted by Crippen LogP contribution is -2.25. The molecular weight excluding hydrogens is 270 g/mol. The van der Waals surface area contributed by atoms with Gasteiger partial charge in [-0.15, -0.1) is 0 Å². The van der Waals surface area contributed by atoms with Crippen LogP contribution in [0.3, 0.4) is 0 Å². The van der Waals surface area contributed by atoms with Crippen molar-refractivity contribution >= 4 is 5.69 Å². The zero-order chi connectivity index (χ0) is 15.4. The Kier molecular flexibility index (Phi) is 4.91. The monoisotopic (exact) mass is 290 g/mol. The highest BCUT2D eigenvalue weighted by Crippen LogP contribution is 2.31. The van der Waals surface area contributed by atoms with E-state index in [-0.39, 0.29) is 17.7 Å². The van der Waals surface area contributed by atoms with Crippen LogP contribution in [0, 0.1) is 11.6 Å². The number of hydrogen-bond acceptors (Lipinski definition) is 2. The van der Waals surface area contributed by atoms with Crippen molar-refractivity contribution in [2.24, 2.45) is 5.73 Å². The summed E-state index contributed by atoms with van der Waals surface area (Å²) in [6, 6.07) is 11.2. The highest BCUT2D eigenvalue weighted by Gasteiger charge is 2.20. The Balaban J connectivity index is 2.40. The Labute approximate surface area is 124 Å². The number of hydrogen-bond donors (Lipinski definition) is 1. The van der Waals surface area contributed by atoms with Crippen molar-refractivity contribution < 1.29 is 8.78 Å². The van der Waals surface area contributed by atoms with Crippen molar-refractivity contribution in [1.29, 1.82) is 0 Å². The third kappa shape index (κ3) is 3.22. The second-order valence-corrected chi connectivity index (χ2v) is 5.09. The van der Waals surface area contributed by atoms with Gasteiger partial charge in [-0.2, -0.15) is 0 Å². The summed E-state index contributed by atoms with van der Waals surface area (Å²) in [5.74, 6) is -0.597. The van der Waals surface area contributed by atoms with Crippen molar-refractivity contribution in [2.45, 2.75) is 19.4 Å². The van der Waals surface area contributed by atoms with Gasteiger partial charge < -0.3 is 10.6 Å². The molecule has 1 unspecified atom stereocenters. The third-order valence-electron chi connectivity index (χ3n) is 3.77. The van der Waals surface area contributed by atoms with Gasteiger partial charge in [0.05, 0.1) is 11.7 Å². The fourth-order valence-corrected chi connectivity index (χ4v) is 2.53. The molecule has 2 aromatic rings. The molecule has 0 saturated heterocycles. The number of anilines is 1. The maximum atomic E-state index is 14.2. The van der Waals surface area contributed by atoms with Crippen molar-refractivity contribution in [3.63, 3.8) is 0 Å². The summed E-state index contributed by atoms with van der Waals surface area (Å²) in [7, 11) is 1.77. The van der Waals surface area contributed by atoms with Gasteiger partial charge in [0, 0.05) is 12.6 Å².